The average molecular weight is 493 g/mol. The molecule has 0 aliphatic carbocycles. The van der Waals surface area contributed by atoms with Gasteiger partial charge in [-0.15, -0.1) is 0 Å². The Morgan fingerprint density at radius 3 is 2.39 bits per heavy atom. The minimum absolute atomic E-state index is 0.0869. The zero-order valence-electron chi connectivity index (χ0n) is 18.5. The van der Waals surface area contributed by atoms with E-state index in [0.717, 1.165) is 11.1 Å². The number of aryl methyl sites for hydroxylation is 1. The molecular formula is C24H26Cl2N2O5. The molecule has 9 heteroatoms. The first-order valence-corrected chi connectivity index (χ1v) is 11.3. The van der Waals surface area contributed by atoms with Crippen LogP contribution in [0.4, 0.5) is 0 Å². The minimum atomic E-state index is -0.979. The molecule has 1 saturated heterocycles. The quantitative estimate of drug-likeness (QED) is 0.312. The number of ketones is 1. The van der Waals surface area contributed by atoms with Crippen LogP contribution < -0.4 is 14.8 Å². The first-order chi connectivity index (χ1) is 15.8. The van der Waals surface area contributed by atoms with Crippen molar-refractivity contribution < 1.29 is 23.9 Å². The summed E-state index contributed by atoms with van der Waals surface area (Å²) in [6.07, 6.45) is 1.89. The summed E-state index contributed by atoms with van der Waals surface area (Å²) < 4.78 is 10.5. The molecule has 1 unspecified atom stereocenters. The van der Waals surface area contributed by atoms with Crippen molar-refractivity contribution in [3.05, 3.63) is 57.6 Å². The highest BCUT2D eigenvalue weighted by atomic mass is 35.5. The molecule has 0 aromatic heterocycles. The predicted octanol–water partition coefficient (Wildman–Crippen LogP) is 3.33. The first kappa shape index (κ1) is 24.9. The second kappa shape index (κ2) is 11.4. The van der Waals surface area contributed by atoms with Crippen molar-refractivity contribution in [1.29, 1.82) is 0 Å². The number of likely N-dealkylation sites (tertiary alicyclic amines) is 1. The van der Waals surface area contributed by atoms with Crippen molar-refractivity contribution in [2.24, 2.45) is 5.92 Å². The van der Waals surface area contributed by atoms with Gasteiger partial charge in [-0.25, -0.2) is 0 Å². The van der Waals surface area contributed by atoms with Crippen LogP contribution in [0.15, 0.2) is 36.4 Å². The normalized spacial score (nSPS) is 15.6. The summed E-state index contributed by atoms with van der Waals surface area (Å²) in [6.45, 7) is 0.813. The topological polar surface area (TPSA) is 84.9 Å². The molecule has 1 aliphatic rings. The molecule has 1 atom stereocenters. The number of benzene rings is 2. The van der Waals surface area contributed by atoms with Crippen molar-refractivity contribution in [2.75, 3.05) is 33.9 Å². The monoisotopic (exact) mass is 492 g/mol. The van der Waals surface area contributed by atoms with E-state index in [1.165, 1.54) is 4.90 Å². The van der Waals surface area contributed by atoms with Crippen LogP contribution in [-0.4, -0.2) is 56.4 Å². The Labute approximate surface area is 202 Å². The summed E-state index contributed by atoms with van der Waals surface area (Å²) in [5.41, 5.74) is 1.94. The lowest BCUT2D eigenvalue weighted by atomic mass is 10.1. The van der Waals surface area contributed by atoms with Crippen molar-refractivity contribution >= 4 is 40.8 Å². The molecule has 7 nitrogen and oxygen atoms in total. The molecule has 1 N–H and O–H groups in total. The highest BCUT2D eigenvalue weighted by Crippen LogP contribution is 2.28. The second-order valence-electron chi connectivity index (χ2n) is 7.75. The van der Waals surface area contributed by atoms with E-state index in [1.807, 2.05) is 18.2 Å². The molecule has 2 aromatic carbocycles. The summed E-state index contributed by atoms with van der Waals surface area (Å²) in [4.78, 5) is 38.7. The van der Waals surface area contributed by atoms with Gasteiger partial charge in [0.1, 0.15) is 5.92 Å². The second-order valence-corrected chi connectivity index (χ2v) is 8.56. The fourth-order valence-electron chi connectivity index (χ4n) is 3.71. The molecule has 0 bridgehead atoms. The Balaban J connectivity index is 1.48. The van der Waals surface area contributed by atoms with Gasteiger partial charge in [0, 0.05) is 19.6 Å². The van der Waals surface area contributed by atoms with E-state index >= 15 is 0 Å². The maximum atomic E-state index is 12.5. The minimum Gasteiger partial charge on any atom is -0.493 e. The summed E-state index contributed by atoms with van der Waals surface area (Å²) in [7, 11) is 3.11. The molecule has 1 fully saturated rings. The van der Waals surface area contributed by atoms with Crippen LogP contribution in [0.3, 0.4) is 0 Å². The van der Waals surface area contributed by atoms with E-state index in [1.54, 1.807) is 32.4 Å². The van der Waals surface area contributed by atoms with Crippen molar-refractivity contribution in [3.8, 4) is 11.5 Å². The van der Waals surface area contributed by atoms with Crippen LogP contribution in [0, 0.1) is 5.92 Å². The molecular weight excluding hydrogens is 467 g/mol. The van der Waals surface area contributed by atoms with Gasteiger partial charge in [-0.2, -0.15) is 0 Å². The number of halogens is 2. The third kappa shape index (κ3) is 6.18. The Bertz CT molecular complexity index is 1040. The smallest absolute Gasteiger partial charge is 0.290 e. The molecule has 2 amide bonds. The largest absolute Gasteiger partial charge is 0.493 e. The molecule has 2 aromatic rings. The van der Waals surface area contributed by atoms with Gasteiger partial charge in [0.05, 0.1) is 24.3 Å². The molecule has 0 saturated carbocycles. The maximum absolute atomic E-state index is 12.5. The molecule has 1 aliphatic heterocycles. The SMILES string of the molecule is COc1ccc(CCN2CC(C(=O)NCCCc3ccc(Cl)c(Cl)c3)C(=O)C2=O)cc1OC. The summed E-state index contributed by atoms with van der Waals surface area (Å²) in [6, 6.07) is 10.9. The Hall–Kier alpha value is -2.77. The fourth-order valence-corrected chi connectivity index (χ4v) is 4.03. The van der Waals surface area contributed by atoms with Crippen molar-refractivity contribution in [2.45, 2.75) is 19.3 Å². The summed E-state index contributed by atoms with van der Waals surface area (Å²) in [5, 5.41) is 3.75. The van der Waals surface area contributed by atoms with E-state index in [-0.39, 0.29) is 6.54 Å². The van der Waals surface area contributed by atoms with Gasteiger partial charge >= 0.3 is 0 Å². The van der Waals surface area contributed by atoms with E-state index in [4.69, 9.17) is 32.7 Å². The predicted molar refractivity (Wildman–Crippen MR) is 126 cm³/mol. The number of methoxy groups -OCH3 is 2. The Morgan fingerprint density at radius 2 is 1.70 bits per heavy atom. The Kier molecular flexibility index (Phi) is 8.58. The number of nitrogens with zero attached hydrogens (tertiary/aromatic N) is 1. The summed E-state index contributed by atoms with van der Waals surface area (Å²) in [5.74, 6) is -1.47. The fraction of sp³-hybridized carbons (Fsp3) is 0.375. The van der Waals surface area contributed by atoms with Crippen molar-refractivity contribution in [3.63, 3.8) is 0 Å². The van der Waals surface area contributed by atoms with Gasteiger partial charge in [0.15, 0.2) is 11.5 Å². The molecule has 33 heavy (non-hydrogen) atoms. The number of hydrogen-bond acceptors (Lipinski definition) is 5. The number of rotatable bonds is 10. The van der Waals surface area contributed by atoms with Gasteiger partial charge in [-0.3, -0.25) is 14.4 Å². The van der Waals surface area contributed by atoms with Gasteiger partial charge < -0.3 is 19.7 Å². The summed E-state index contributed by atoms with van der Waals surface area (Å²) >= 11 is 11.9. The van der Waals surface area contributed by atoms with E-state index in [0.29, 0.717) is 53.9 Å². The molecule has 3 rings (SSSR count). The van der Waals surface area contributed by atoms with Crippen LogP contribution in [0.5, 0.6) is 11.5 Å². The number of ether oxygens (including phenoxy) is 2. The van der Waals surface area contributed by atoms with E-state index in [9.17, 15) is 14.4 Å². The lowest BCUT2D eigenvalue weighted by Crippen LogP contribution is -2.36. The number of carbonyl (C=O) groups excluding carboxylic acids is 3. The number of hydrogen-bond donors (Lipinski definition) is 1. The Morgan fingerprint density at radius 1 is 1.00 bits per heavy atom. The molecule has 1 heterocycles. The standard InChI is InChI=1S/C24H26Cl2N2O5/c1-32-20-8-6-16(13-21(20)33-2)9-11-28-14-17(22(29)24(28)31)23(30)27-10-3-4-15-5-7-18(25)19(26)12-15/h5-8,12-13,17H,3-4,9-11,14H2,1-2H3,(H,27,30). The van der Waals surface area contributed by atoms with Crippen LogP contribution in [0.1, 0.15) is 17.5 Å². The van der Waals surface area contributed by atoms with Gasteiger partial charge in [-0.1, -0.05) is 35.3 Å². The number of Topliss-reactive ketones (excluding diaryl/α,β-unsaturated/α-hetero) is 1. The number of amides is 2. The van der Waals surface area contributed by atoms with Crippen LogP contribution in [0.25, 0.3) is 0 Å². The number of nitrogens with one attached hydrogen (secondary N) is 1. The molecule has 176 valence electrons. The lowest BCUT2D eigenvalue weighted by molar-refractivity contribution is -0.142. The van der Waals surface area contributed by atoms with E-state index < -0.39 is 23.5 Å². The van der Waals surface area contributed by atoms with Gasteiger partial charge in [0.2, 0.25) is 11.7 Å². The van der Waals surface area contributed by atoms with E-state index in [2.05, 4.69) is 5.32 Å². The third-order valence-corrected chi connectivity index (χ3v) is 6.32. The zero-order chi connectivity index (χ0) is 24.0. The first-order valence-electron chi connectivity index (χ1n) is 10.6. The zero-order valence-corrected chi connectivity index (χ0v) is 20.0. The third-order valence-electron chi connectivity index (χ3n) is 5.58. The van der Waals surface area contributed by atoms with Gasteiger partial charge in [-0.05, 0) is 54.7 Å². The number of carbonyl (C=O) groups is 3. The lowest BCUT2D eigenvalue weighted by Gasteiger charge is -2.16. The van der Waals surface area contributed by atoms with Crippen LogP contribution in [-0.2, 0) is 27.2 Å². The average Bonchev–Trinajstić information content (AvgIpc) is 3.11. The van der Waals surface area contributed by atoms with Crippen LogP contribution in [0.2, 0.25) is 10.0 Å². The molecule has 0 spiro atoms. The molecule has 0 radical (unpaired) electrons. The van der Waals surface area contributed by atoms with Gasteiger partial charge in [0.25, 0.3) is 5.91 Å². The maximum Gasteiger partial charge on any atom is 0.290 e. The van der Waals surface area contributed by atoms with Crippen molar-refractivity contribution in [1.82, 2.24) is 10.2 Å². The van der Waals surface area contributed by atoms with Crippen LogP contribution >= 0.6 is 23.2 Å². The highest BCUT2D eigenvalue weighted by molar-refractivity contribution is 6.42. The highest BCUT2D eigenvalue weighted by Gasteiger charge is 2.42.